The highest BCUT2D eigenvalue weighted by molar-refractivity contribution is 6.07. The number of hydrogen-bond acceptors (Lipinski definition) is 3. The Labute approximate surface area is 97.7 Å². The number of benzene rings is 1. The molecule has 0 unspecified atom stereocenters. The molecule has 0 fully saturated rings. The Bertz CT molecular complexity index is 647. The molecule has 3 aromatic rings. The number of ketones is 1. The maximum atomic E-state index is 12.1. The Morgan fingerprint density at radius 3 is 2.82 bits per heavy atom. The van der Waals surface area contributed by atoms with Crippen LogP contribution in [-0.4, -0.2) is 5.78 Å². The van der Waals surface area contributed by atoms with Crippen LogP contribution in [0.1, 0.15) is 15.9 Å². The molecule has 0 aliphatic rings. The van der Waals surface area contributed by atoms with E-state index in [0.29, 0.717) is 12.0 Å². The van der Waals surface area contributed by atoms with Crippen molar-refractivity contribution in [1.82, 2.24) is 0 Å². The predicted molar refractivity (Wildman–Crippen MR) is 63.0 cm³/mol. The van der Waals surface area contributed by atoms with Crippen LogP contribution in [-0.2, 0) is 6.42 Å². The van der Waals surface area contributed by atoms with Crippen LogP contribution >= 0.6 is 0 Å². The molecule has 3 rings (SSSR count). The summed E-state index contributed by atoms with van der Waals surface area (Å²) in [6, 6.07) is 9.31. The van der Waals surface area contributed by atoms with Gasteiger partial charge in [0.05, 0.1) is 18.1 Å². The molecular weight excluding hydrogens is 216 g/mol. The second kappa shape index (κ2) is 3.94. The normalized spacial score (nSPS) is 10.8. The van der Waals surface area contributed by atoms with E-state index in [4.69, 9.17) is 8.83 Å². The van der Waals surface area contributed by atoms with Crippen LogP contribution in [0, 0.1) is 0 Å². The molecule has 17 heavy (non-hydrogen) atoms. The number of hydrogen-bond donors (Lipinski definition) is 0. The van der Waals surface area contributed by atoms with E-state index in [1.165, 1.54) is 6.26 Å². The van der Waals surface area contributed by atoms with Crippen LogP contribution in [0.5, 0.6) is 0 Å². The van der Waals surface area contributed by atoms with E-state index in [1.54, 1.807) is 18.6 Å². The van der Waals surface area contributed by atoms with Gasteiger partial charge in [-0.2, -0.15) is 0 Å². The summed E-state index contributed by atoms with van der Waals surface area (Å²) >= 11 is 0. The van der Waals surface area contributed by atoms with Gasteiger partial charge in [-0.1, -0.05) is 18.2 Å². The number of carbonyl (C=O) groups excluding carboxylic acids is 1. The van der Waals surface area contributed by atoms with Crippen molar-refractivity contribution >= 4 is 16.8 Å². The summed E-state index contributed by atoms with van der Waals surface area (Å²) in [5, 5.41) is 0.862. The summed E-state index contributed by atoms with van der Waals surface area (Å²) in [7, 11) is 0. The van der Waals surface area contributed by atoms with Crippen LogP contribution in [0.15, 0.2) is 58.0 Å². The van der Waals surface area contributed by atoms with Gasteiger partial charge < -0.3 is 8.83 Å². The predicted octanol–water partition coefficient (Wildman–Crippen LogP) is 3.45. The molecule has 0 aliphatic carbocycles. The first-order valence-corrected chi connectivity index (χ1v) is 5.35. The summed E-state index contributed by atoms with van der Waals surface area (Å²) in [6.45, 7) is 0. The highest BCUT2D eigenvalue weighted by Gasteiger charge is 2.14. The number of carbonyl (C=O) groups is 1. The van der Waals surface area contributed by atoms with Crippen molar-refractivity contribution in [3.8, 4) is 0 Å². The highest BCUT2D eigenvalue weighted by Crippen LogP contribution is 2.22. The van der Waals surface area contributed by atoms with Gasteiger partial charge in [-0.05, 0) is 17.7 Å². The molecule has 0 saturated heterocycles. The maximum Gasteiger partial charge on any atom is 0.171 e. The summed E-state index contributed by atoms with van der Waals surface area (Å²) in [5.74, 6) is 0.0383. The molecule has 0 saturated carbocycles. The molecule has 2 heterocycles. The molecule has 84 valence electrons. The van der Waals surface area contributed by atoms with Gasteiger partial charge in [-0.25, -0.2) is 0 Å². The van der Waals surface area contributed by atoms with Crippen molar-refractivity contribution in [3.63, 3.8) is 0 Å². The molecule has 0 atom stereocenters. The third-order valence-electron chi connectivity index (χ3n) is 2.73. The van der Waals surface area contributed by atoms with Crippen molar-refractivity contribution in [2.24, 2.45) is 0 Å². The number of rotatable bonds is 3. The Morgan fingerprint density at radius 2 is 2.00 bits per heavy atom. The smallest absolute Gasteiger partial charge is 0.171 e. The summed E-state index contributed by atoms with van der Waals surface area (Å²) in [4.78, 5) is 12.1. The fraction of sp³-hybridized carbons (Fsp3) is 0.0714. The minimum absolute atomic E-state index is 0.0383. The van der Waals surface area contributed by atoms with Crippen LogP contribution in [0.2, 0.25) is 0 Å². The average Bonchev–Trinajstić information content (AvgIpc) is 2.96. The van der Waals surface area contributed by atoms with Gasteiger partial charge >= 0.3 is 0 Å². The van der Waals surface area contributed by atoms with Crippen molar-refractivity contribution in [1.29, 1.82) is 0 Å². The van der Waals surface area contributed by atoms with Gasteiger partial charge in [-0.15, -0.1) is 0 Å². The Balaban J connectivity index is 1.96. The minimum Gasteiger partial charge on any atom is -0.472 e. The first-order chi connectivity index (χ1) is 8.34. The monoisotopic (exact) mass is 226 g/mol. The van der Waals surface area contributed by atoms with E-state index in [1.807, 2.05) is 24.3 Å². The number of fused-ring (bicyclic) bond motifs is 1. The molecule has 3 nitrogen and oxygen atoms in total. The molecule has 0 radical (unpaired) electrons. The number of para-hydroxylation sites is 1. The lowest BCUT2D eigenvalue weighted by Gasteiger charge is -1.95. The van der Waals surface area contributed by atoms with E-state index >= 15 is 0 Å². The Kier molecular flexibility index (Phi) is 2.29. The van der Waals surface area contributed by atoms with Crippen LogP contribution in [0.4, 0.5) is 0 Å². The van der Waals surface area contributed by atoms with Gasteiger partial charge in [0.2, 0.25) is 0 Å². The standard InChI is InChI=1S/C14H10O3/c15-13(7-10-5-6-16-8-10)12-9-17-14-4-2-1-3-11(12)14/h1-6,8-9H,7H2. The Morgan fingerprint density at radius 1 is 1.12 bits per heavy atom. The van der Waals surface area contributed by atoms with E-state index in [9.17, 15) is 4.79 Å². The van der Waals surface area contributed by atoms with Crippen LogP contribution < -0.4 is 0 Å². The van der Waals surface area contributed by atoms with Gasteiger partial charge in [0.1, 0.15) is 11.8 Å². The van der Waals surface area contributed by atoms with E-state index < -0.39 is 0 Å². The van der Waals surface area contributed by atoms with Gasteiger partial charge in [0.25, 0.3) is 0 Å². The van der Waals surface area contributed by atoms with Crippen molar-refractivity contribution < 1.29 is 13.6 Å². The third-order valence-corrected chi connectivity index (χ3v) is 2.73. The molecule has 2 aromatic heterocycles. The zero-order valence-corrected chi connectivity index (χ0v) is 9.05. The van der Waals surface area contributed by atoms with E-state index in [0.717, 1.165) is 16.5 Å². The van der Waals surface area contributed by atoms with Crippen molar-refractivity contribution in [3.05, 3.63) is 60.2 Å². The second-order valence-corrected chi connectivity index (χ2v) is 3.88. The summed E-state index contributed by atoms with van der Waals surface area (Å²) in [6.07, 6.45) is 5.00. The quantitative estimate of drug-likeness (QED) is 0.642. The van der Waals surface area contributed by atoms with Gasteiger partial charge in [-0.3, -0.25) is 4.79 Å². The maximum absolute atomic E-state index is 12.1. The molecule has 0 N–H and O–H groups in total. The second-order valence-electron chi connectivity index (χ2n) is 3.88. The molecule has 0 amide bonds. The topological polar surface area (TPSA) is 43.4 Å². The lowest BCUT2D eigenvalue weighted by atomic mass is 10.0. The zero-order valence-electron chi connectivity index (χ0n) is 9.05. The van der Waals surface area contributed by atoms with Gasteiger partial charge in [0.15, 0.2) is 5.78 Å². The third kappa shape index (κ3) is 1.76. The number of furan rings is 2. The lowest BCUT2D eigenvalue weighted by Crippen LogP contribution is -2.01. The fourth-order valence-corrected chi connectivity index (χ4v) is 1.87. The van der Waals surface area contributed by atoms with Crippen molar-refractivity contribution in [2.75, 3.05) is 0 Å². The average molecular weight is 226 g/mol. The van der Waals surface area contributed by atoms with Crippen LogP contribution in [0.25, 0.3) is 11.0 Å². The Hall–Kier alpha value is -2.29. The first kappa shape index (κ1) is 9.90. The largest absolute Gasteiger partial charge is 0.472 e. The van der Waals surface area contributed by atoms with Crippen LogP contribution in [0.3, 0.4) is 0 Å². The fourth-order valence-electron chi connectivity index (χ4n) is 1.87. The van der Waals surface area contributed by atoms with E-state index in [-0.39, 0.29) is 5.78 Å². The van der Waals surface area contributed by atoms with E-state index in [2.05, 4.69) is 0 Å². The molecule has 3 heteroatoms. The summed E-state index contributed by atoms with van der Waals surface area (Å²) < 4.78 is 10.3. The molecule has 0 bridgehead atoms. The highest BCUT2D eigenvalue weighted by atomic mass is 16.3. The number of Topliss-reactive ketones (excluding diaryl/α,β-unsaturated/α-hetero) is 1. The van der Waals surface area contributed by atoms with Gasteiger partial charge in [0, 0.05) is 11.8 Å². The molecular formula is C14H10O3. The zero-order chi connectivity index (χ0) is 11.7. The molecule has 1 aromatic carbocycles. The SMILES string of the molecule is O=C(Cc1ccoc1)c1coc2ccccc12. The first-order valence-electron chi connectivity index (χ1n) is 5.35. The minimum atomic E-state index is 0.0383. The lowest BCUT2D eigenvalue weighted by molar-refractivity contribution is 0.0993. The van der Waals surface area contributed by atoms with Crippen molar-refractivity contribution in [2.45, 2.75) is 6.42 Å². The molecule has 0 spiro atoms. The summed E-state index contributed by atoms with van der Waals surface area (Å²) in [5.41, 5.74) is 2.24. The molecule has 0 aliphatic heterocycles.